The normalized spacial score (nSPS) is 11.3. The fourth-order valence-corrected chi connectivity index (χ4v) is 7.42. The van der Waals surface area contributed by atoms with Crippen LogP contribution in [0.4, 0.5) is 0 Å². The molecule has 0 nitrogen and oxygen atoms in total. The van der Waals surface area contributed by atoms with Crippen LogP contribution in [0, 0.1) is 27.7 Å². The summed E-state index contributed by atoms with van der Waals surface area (Å²) in [6, 6.07) is 21.1. The Kier molecular flexibility index (Phi) is 13.2. The molecule has 0 aromatic heterocycles. The first-order valence-electron chi connectivity index (χ1n) is 12.0. The van der Waals surface area contributed by atoms with E-state index in [2.05, 4.69) is 116 Å². The Morgan fingerprint density at radius 3 is 1.11 bits per heavy atom. The quantitative estimate of drug-likeness (QED) is 0.243. The number of hydrogen-bond acceptors (Lipinski definition) is 0. The van der Waals surface area contributed by atoms with Gasteiger partial charge in [-0.1, -0.05) is 73.6 Å². The zero-order valence-corrected chi connectivity index (χ0v) is 29.3. The number of rotatable bonds is 4. The predicted molar refractivity (Wildman–Crippen MR) is 152 cm³/mol. The molecule has 5 heteroatoms. The molecule has 4 rings (SSSR count). The molecule has 4 aromatic rings. The summed E-state index contributed by atoms with van der Waals surface area (Å²) in [6.07, 6.45) is 0. The summed E-state index contributed by atoms with van der Waals surface area (Å²) in [7, 11) is -2.02. The van der Waals surface area contributed by atoms with Crippen molar-refractivity contribution in [2.45, 2.75) is 79.1 Å². The minimum Gasteiger partial charge on any atom is -1.00 e. The van der Waals surface area contributed by atoms with E-state index in [1.165, 1.54) is 55.9 Å². The summed E-state index contributed by atoms with van der Waals surface area (Å²) in [5.41, 5.74) is 8.73. The van der Waals surface area contributed by atoms with Gasteiger partial charge in [-0.3, -0.25) is 0 Å². The maximum atomic E-state index is 2.44. The molecule has 0 heterocycles. The van der Waals surface area contributed by atoms with Crippen LogP contribution in [0.15, 0.2) is 48.5 Å². The minimum atomic E-state index is -1.01. The van der Waals surface area contributed by atoms with Crippen LogP contribution in [0.25, 0.3) is 21.5 Å². The standard InChI is InChI=1S/2C15H21Si.2ClH.Zr/c2*1-11-8-13-6-7-14(10-16(3,4)5)15(13)9-12(11)2;;;/h2*6-9H,10H2,1-5H3;2*1H;/q2*-1;;;+4/p-2. The molecule has 0 radical (unpaired) electrons. The molecule has 0 saturated heterocycles. The Hall–Kier alpha value is -0.443. The van der Waals surface area contributed by atoms with Crippen molar-refractivity contribution in [3.63, 3.8) is 0 Å². The Bertz CT molecular complexity index is 1140. The zero-order chi connectivity index (χ0) is 23.8. The Balaban J connectivity index is 0.000000608. The van der Waals surface area contributed by atoms with Crippen LogP contribution in [0.2, 0.25) is 39.3 Å². The van der Waals surface area contributed by atoms with E-state index < -0.39 is 16.1 Å². The smallest absolute Gasteiger partial charge is 1.00 e. The molecule has 0 spiro atoms. The second-order valence-corrected chi connectivity index (χ2v) is 23.2. The number of aryl methyl sites for hydroxylation is 4. The molecule has 0 fully saturated rings. The minimum absolute atomic E-state index is 0. The van der Waals surface area contributed by atoms with Gasteiger partial charge < -0.3 is 24.8 Å². The third-order valence-electron chi connectivity index (χ3n) is 6.39. The predicted octanol–water partition coefficient (Wildman–Crippen LogP) is 3.20. The second-order valence-electron chi connectivity index (χ2n) is 12.2. The monoisotopic (exact) mass is 618 g/mol. The molecule has 0 unspecified atom stereocenters. The van der Waals surface area contributed by atoms with Gasteiger partial charge in [0.2, 0.25) is 0 Å². The van der Waals surface area contributed by atoms with Crippen LogP contribution >= 0.6 is 0 Å². The molecule has 0 saturated carbocycles. The van der Waals surface area contributed by atoms with Crippen LogP contribution < -0.4 is 24.8 Å². The van der Waals surface area contributed by atoms with Gasteiger partial charge in [0, 0.05) is 16.1 Å². The average molecular weight is 621 g/mol. The van der Waals surface area contributed by atoms with Crippen molar-refractivity contribution in [1.29, 1.82) is 0 Å². The fourth-order valence-electron chi connectivity index (χ4n) is 4.52. The first kappa shape index (κ1) is 34.6. The largest absolute Gasteiger partial charge is 4.00 e. The second kappa shape index (κ2) is 13.4. The molecule has 0 aliphatic heterocycles. The maximum Gasteiger partial charge on any atom is 4.00 e. The van der Waals surface area contributed by atoms with Gasteiger partial charge in [-0.15, -0.1) is 57.9 Å². The van der Waals surface area contributed by atoms with Gasteiger partial charge in [0.15, 0.2) is 0 Å². The zero-order valence-electron chi connectivity index (χ0n) is 23.3. The molecule has 0 aliphatic rings. The van der Waals surface area contributed by atoms with Crippen molar-refractivity contribution >= 4 is 37.7 Å². The SMILES string of the molecule is Cc1cc2[cH-]cc(C[Si](C)(C)C)c2cc1C.Cc1cc2[cH-]cc(C[Si](C)(C)C)c2cc1C.[Cl-].[Cl-].[Zr+4]. The van der Waals surface area contributed by atoms with Crippen molar-refractivity contribution in [2.75, 3.05) is 0 Å². The first-order chi connectivity index (χ1) is 14.7. The fraction of sp³-hybridized carbons (Fsp3) is 0.400. The van der Waals surface area contributed by atoms with Crippen LogP contribution in [-0.4, -0.2) is 16.1 Å². The summed E-state index contributed by atoms with van der Waals surface area (Å²) in [4.78, 5) is 0. The van der Waals surface area contributed by atoms with Gasteiger partial charge in [-0.25, -0.2) is 0 Å². The topological polar surface area (TPSA) is 0 Å². The van der Waals surface area contributed by atoms with Gasteiger partial charge >= 0.3 is 26.2 Å². The van der Waals surface area contributed by atoms with Crippen LogP contribution in [0.5, 0.6) is 0 Å². The van der Waals surface area contributed by atoms with Crippen molar-refractivity contribution in [1.82, 2.24) is 0 Å². The van der Waals surface area contributed by atoms with Crippen LogP contribution in [-0.2, 0) is 38.3 Å². The van der Waals surface area contributed by atoms with Crippen molar-refractivity contribution in [2.24, 2.45) is 0 Å². The Labute approximate surface area is 248 Å². The molecule has 0 aliphatic carbocycles. The number of benzene rings is 2. The van der Waals surface area contributed by atoms with E-state index in [0.29, 0.717) is 0 Å². The average Bonchev–Trinajstić information content (AvgIpc) is 3.19. The van der Waals surface area contributed by atoms with Gasteiger partial charge in [-0.05, 0) is 27.7 Å². The summed E-state index contributed by atoms with van der Waals surface area (Å²) in [5, 5.41) is 5.78. The first-order valence-corrected chi connectivity index (χ1v) is 19.5. The number of fused-ring (bicyclic) bond motifs is 2. The van der Waals surface area contributed by atoms with Gasteiger partial charge in [0.05, 0.1) is 0 Å². The van der Waals surface area contributed by atoms with Gasteiger partial charge in [0.25, 0.3) is 0 Å². The molecular weight excluding hydrogens is 579 g/mol. The van der Waals surface area contributed by atoms with E-state index in [0.717, 1.165) is 0 Å². The summed E-state index contributed by atoms with van der Waals surface area (Å²) in [6.45, 7) is 23.4. The van der Waals surface area contributed by atoms with Gasteiger partial charge in [-0.2, -0.15) is 23.3 Å². The number of hydrogen-bond donors (Lipinski definition) is 0. The molecule has 0 amide bonds. The third kappa shape index (κ3) is 9.42. The molecule has 0 bridgehead atoms. The molecular formula is C30H42Cl2Si2Zr. The third-order valence-corrected chi connectivity index (χ3v) is 9.28. The summed E-state index contributed by atoms with van der Waals surface area (Å²) in [5.74, 6) is 0. The van der Waals surface area contributed by atoms with E-state index in [4.69, 9.17) is 0 Å². The van der Waals surface area contributed by atoms with Crippen LogP contribution in [0.1, 0.15) is 33.4 Å². The molecule has 4 aromatic carbocycles. The summed E-state index contributed by atoms with van der Waals surface area (Å²) >= 11 is 0. The molecule has 35 heavy (non-hydrogen) atoms. The Morgan fingerprint density at radius 2 is 0.829 bits per heavy atom. The number of halogens is 2. The van der Waals surface area contributed by atoms with E-state index in [-0.39, 0.29) is 51.0 Å². The molecule has 0 N–H and O–H groups in total. The molecule has 188 valence electrons. The maximum absolute atomic E-state index is 2.44. The van der Waals surface area contributed by atoms with Crippen LogP contribution in [0.3, 0.4) is 0 Å². The van der Waals surface area contributed by atoms with E-state index >= 15 is 0 Å². The summed E-state index contributed by atoms with van der Waals surface area (Å²) < 4.78 is 0. The van der Waals surface area contributed by atoms with Crippen molar-refractivity contribution in [3.8, 4) is 0 Å². The van der Waals surface area contributed by atoms with Crippen molar-refractivity contribution < 1.29 is 51.0 Å². The van der Waals surface area contributed by atoms with E-state index in [1.807, 2.05) is 0 Å². The van der Waals surface area contributed by atoms with E-state index in [9.17, 15) is 0 Å². The van der Waals surface area contributed by atoms with E-state index in [1.54, 1.807) is 11.1 Å². The Morgan fingerprint density at radius 1 is 0.543 bits per heavy atom. The molecule has 0 atom stereocenters. The van der Waals surface area contributed by atoms with Crippen molar-refractivity contribution in [3.05, 3.63) is 81.9 Å². The van der Waals surface area contributed by atoms with Gasteiger partial charge in [0.1, 0.15) is 0 Å².